The molecule has 0 spiro atoms. The number of halogens is 1. The van der Waals surface area contributed by atoms with E-state index in [9.17, 15) is 9.59 Å². The van der Waals surface area contributed by atoms with Crippen molar-refractivity contribution in [2.24, 2.45) is 5.92 Å². The second-order valence-electron chi connectivity index (χ2n) is 6.46. The van der Waals surface area contributed by atoms with Crippen molar-refractivity contribution in [2.45, 2.75) is 32.6 Å². The first kappa shape index (κ1) is 18.4. The molecule has 1 aliphatic rings. The fourth-order valence-electron chi connectivity index (χ4n) is 3.34. The van der Waals surface area contributed by atoms with Crippen molar-refractivity contribution in [2.75, 3.05) is 13.1 Å². The van der Waals surface area contributed by atoms with Crippen LogP contribution in [0.3, 0.4) is 0 Å². The molecule has 3 rings (SSSR count). The van der Waals surface area contributed by atoms with E-state index in [0.29, 0.717) is 43.1 Å². The molecule has 1 amide bonds. The van der Waals surface area contributed by atoms with Gasteiger partial charge in [0.1, 0.15) is 0 Å². The standard InChI is InChI=1S/C18H21ClN4O3/c1-2-15-17(20-21-23(15)14-5-3-4-13(19)11-14)18(26)22-8-6-12(7-9-22)10-16(24)25/h3-5,11-12H,2,6-10H2,1H3,(H,24,25). The fourth-order valence-corrected chi connectivity index (χ4v) is 3.52. The number of amides is 1. The van der Waals surface area contributed by atoms with Gasteiger partial charge < -0.3 is 10.0 Å². The summed E-state index contributed by atoms with van der Waals surface area (Å²) in [6.07, 6.45) is 2.16. The summed E-state index contributed by atoms with van der Waals surface area (Å²) in [5.74, 6) is -0.805. The smallest absolute Gasteiger partial charge is 0.303 e. The molecule has 0 saturated carbocycles. The maximum Gasteiger partial charge on any atom is 0.303 e. The Morgan fingerprint density at radius 1 is 1.31 bits per heavy atom. The summed E-state index contributed by atoms with van der Waals surface area (Å²) in [6.45, 7) is 3.05. The first-order valence-corrected chi connectivity index (χ1v) is 9.09. The Morgan fingerprint density at radius 2 is 2.04 bits per heavy atom. The van der Waals surface area contributed by atoms with Crippen LogP contribution in [0, 0.1) is 5.92 Å². The van der Waals surface area contributed by atoms with Crippen LogP contribution >= 0.6 is 11.6 Å². The maximum absolute atomic E-state index is 12.9. The van der Waals surface area contributed by atoms with Gasteiger partial charge in [0.05, 0.1) is 11.4 Å². The van der Waals surface area contributed by atoms with E-state index in [-0.39, 0.29) is 18.2 Å². The summed E-state index contributed by atoms with van der Waals surface area (Å²) in [7, 11) is 0. The summed E-state index contributed by atoms with van der Waals surface area (Å²) in [6, 6.07) is 7.25. The molecule has 26 heavy (non-hydrogen) atoms. The Kier molecular flexibility index (Phi) is 5.56. The lowest BCUT2D eigenvalue weighted by molar-refractivity contribution is -0.138. The number of carbonyl (C=O) groups is 2. The predicted octanol–water partition coefficient (Wildman–Crippen LogP) is 2.81. The Bertz CT molecular complexity index is 813. The highest BCUT2D eigenvalue weighted by Gasteiger charge is 2.28. The Labute approximate surface area is 156 Å². The van der Waals surface area contributed by atoms with Gasteiger partial charge in [0.2, 0.25) is 0 Å². The Balaban J connectivity index is 1.77. The van der Waals surface area contributed by atoms with Crippen LogP contribution in [0.25, 0.3) is 5.69 Å². The van der Waals surface area contributed by atoms with E-state index in [1.807, 2.05) is 19.1 Å². The second kappa shape index (κ2) is 7.86. The van der Waals surface area contributed by atoms with E-state index < -0.39 is 5.97 Å². The highest BCUT2D eigenvalue weighted by Crippen LogP contribution is 2.23. The largest absolute Gasteiger partial charge is 0.481 e. The highest BCUT2D eigenvalue weighted by molar-refractivity contribution is 6.30. The lowest BCUT2D eigenvalue weighted by atomic mass is 9.93. The zero-order valence-corrected chi connectivity index (χ0v) is 15.3. The van der Waals surface area contributed by atoms with Crippen molar-refractivity contribution in [3.63, 3.8) is 0 Å². The Hall–Kier alpha value is -2.41. The molecule has 8 heteroatoms. The van der Waals surface area contributed by atoms with Crippen LogP contribution in [0.2, 0.25) is 5.02 Å². The maximum atomic E-state index is 12.9. The van der Waals surface area contributed by atoms with Crippen LogP contribution in [-0.4, -0.2) is 50.0 Å². The number of aliphatic carboxylic acids is 1. The Morgan fingerprint density at radius 3 is 2.65 bits per heavy atom. The van der Waals surface area contributed by atoms with Gasteiger partial charge in [-0.2, -0.15) is 0 Å². The number of hydrogen-bond acceptors (Lipinski definition) is 4. The molecular formula is C18H21ClN4O3. The number of aromatic nitrogens is 3. The molecule has 138 valence electrons. The number of carboxylic acids is 1. The molecule has 0 atom stereocenters. The number of benzene rings is 1. The zero-order valence-electron chi connectivity index (χ0n) is 14.6. The lowest BCUT2D eigenvalue weighted by Gasteiger charge is -2.31. The number of carboxylic acid groups (broad SMARTS) is 1. The van der Waals surface area contributed by atoms with E-state index in [4.69, 9.17) is 16.7 Å². The normalized spacial score (nSPS) is 15.2. The number of nitrogens with zero attached hydrogens (tertiary/aromatic N) is 4. The number of rotatable bonds is 5. The SMILES string of the molecule is CCc1c(C(=O)N2CCC(CC(=O)O)CC2)nnn1-c1cccc(Cl)c1. The van der Waals surface area contributed by atoms with Gasteiger partial charge in [-0.1, -0.05) is 29.8 Å². The molecule has 2 heterocycles. The molecule has 1 fully saturated rings. The van der Waals surface area contributed by atoms with Crippen molar-refractivity contribution in [3.05, 3.63) is 40.7 Å². The van der Waals surface area contributed by atoms with Gasteiger partial charge in [-0.25, -0.2) is 4.68 Å². The monoisotopic (exact) mass is 376 g/mol. The average molecular weight is 377 g/mol. The molecule has 7 nitrogen and oxygen atoms in total. The van der Waals surface area contributed by atoms with Crippen molar-refractivity contribution in [1.29, 1.82) is 0 Å². The minimum Gasteiger partial charge on any atom is -0.481 e. The molecule has 2 aromatic rings. The molecule has 0 radical (unpaired) electrons. The minimum absolute atomic E-state index is 0.129. The summed E-state index contributed by atoms with van der Waals surface area (Å²) < 4.78 is 1.65. The van der Waals surface area contributed by atoms with Crippen molar-refractivity contribution in [3.8, 4) is 5.69 Å². The van der Waals surface area contributed by atoms with Gasteiger partial charge >= 0.3 is 5.97 Å². The predicted molar refractivity (Wildman–Crippen MR) is 96.6 cm³/mol. The summed E-state index contributed by atoms with van der Waals surface area (Å²) in [4.78, 5) is 25.5. The number of likely N-dealkylation sites (tertiary alicyclic amines) is 1. The van der Waals surface area contributed by atoms with Crippen molar-refractivity contribution < 1.29 is 14.7 Å². The average Bonchev–Trinajstić information content (AvgIpc) is 3.05. The van der Waals surface area contributed by atoms with Crippen LogP contribution in [0.5, 0.6) is 0 Å². The van der Waals surface area contributed by atoms with Gasteiger partial charge in [-0.3, -0.25) is 9.59 Å². The van der Waals surface area contributed by atoms with Crippen LogP contribution in [-0.2, 0) is 11.2 Å². The minimum atomic E-state index is -0.785. The first-order chi connectivity index (χ1) is 12.5. The van der Waals surface area contributed by atoms with E-state index in [1.54, 1.807) is 21.7 Å². The molecule has 1 aromatic carbocycles. The quantitative estimate of drug-likeness (QED) is 0.866. The molecule has 1 N–H and O–H groups in total. The molecule has 1 saturated heterocycles. The van der Waals surface area contributed by atoms with Crippen LogP contribution in [0.1, 0.15) is 42.4 Å². The summed E-state index contributed by atoms with van der Waals surface area (Å²) in [5, 5.41) is 17.8. The highest BCUT2D eigenvalue weighted by atomic mass is 35.5. The molecule has 0 aliphatic carbocycles. The summed E-state index contributed by atoms with van der Waals surface area (Å²) >= 11 is 6.05. The topological polar surface area (TPSA) is 88.3 Å². The van der Waals surface area contributed by atoms with E-state index >= 15 is 0 Å². The number of carbonyl (C=O) groups excluding carboxylic acids is 1. The lowest BCUT2D eigenvalue weighted by Crippen LogP contribution is -2.39. The number of hydrogen-bond donors (Lipinski definition) is 1. The second-order valence-corrected chi connectivity index (χ2v) is 6.90. The zero-order chi connectivity index (χ0) is 18.7. The molecule has 1 aromatic heterocycles. The van der Waals surface area contributed by atoms with Gasteiger partial charge in [0.25, 0.3) is 5.91 Å². The molecule has 1 aliphatic heterocycles. The van der Waals surface area contributed by atoms with E-state index in [0.717, 1.165) is 11.4 Å². The van der Waals surface area contributed by atoms with Crippen molar-refractivity contribution in [1.82, 2.24) is 19.9 Å². The van der Waals surface area contributed by atoms with Crippen LogP contribution < -0.4 is 0 Å². The van der Waals surface area contributed by atoms with Gasteiger partial charge in [-0.15, -0.1) is 5.10 Å². The van der Waals surface area contributed by atoms with Gasteiger partial charge in [-0.05, 0) is 43.4 Å². The van der Waals surface area contributed by atoms with Crippen LogP contribution in [0.15, 0.2) is 24.3 Å². The first-order valence-electron chi connectivity index (χ1n) is 8.71. The third kappa shape index (κ3) is 3.88. The molecule has 0 bridgehead atoms. The number of piperidine rings is 1. The third-order valence-corrected chi connectivity index (χ3v) is 4.95. The molecular weight excluding hydrogens is 356 g/mol. The van der Waals surface area contributed by atoms with Crippen molar-refractivity contribution >= 4 is 23.5 Å². The van der Waals surface area contributed by atoms with E-state index in [2.05, 4.69) is 10.3 Å². The summed E-state index contributed by atoms with van der Waals surface area (Å²) in [5.41, 5.74) is 1.86. The van der Waals surface area contributed by atoms with E-state index in [1.165, 1.54) is 0 Å². The van der Waals surface area contributed by atoms with Crippen LogP contribution in [0.4, 0.5) is 0 Å². The molecule has 0 unspecified atom stereocenters. The fraction of sp³-hybridized carbons (Fsp3) is 0.444. The van der Waals surface area contributed by atoms with Gasteiger partial charge in [0.15, 0.2) is 5.69 Å². The third-order valence-electron chi connectivity index (χ3n) is 4.72. The van der Waals surface area contributed by atoms with Gasteiger partial charge in [0, 0.05) is 24.5 Å².